The van der Waals surface area contributed by atoms with Crippen LogP contribution >= 0.6 is 11.6 Å². The van der Waals surface area contributed by atoms with E-state index in [1.165, 1.54) is 6.07 Å². The van der Waals surface area contributed by atoms with Gasteiger partial charge in [0.05, 0.1) is 11.3 Å². The molecule has 0 saturated heterocycles. The van der Waals surface area contributed by atoms with Gasteiger partial charge in [0, 0.05) is 16.8 Å². The van der Waals surface area contributed by atoms with E-state index in [1.807, 2.05) is 0 Å². The Morgan fingerprint density at radius 2 is 1.48 bits per heavy atom. The number of hydrogen-bond acceptors (Lipinski definition) is 3. The van der Waals surface area contributed by atoms with Crippen molar-refractivity contribution in [2.24, 2.45) is 0 Å². The summed E-state index contributed by atoms with van der Waals surface area (Å²) in [7, 11) is 0. The summed E-state index contributed by atoms with van der Waals surface area (Å²) < 4.78 is 26.9. The van der Waals surface area contributed by atoms with Gasteiger partial charge in [-0.1, -0.05) is 41.9 Å². The van der Waals surface area contributed by atoms with Crippen LogP contribution in [0.2, 0.25) is 5.02 Å². The molecule has 0 atom stereocenters. The van der Waals surface area contributed by atoms with E-state index in [9.17, 15) is 18.4 Å². The van der Waals surface area contributed by atoms with Gasteiger partial charge < -0.3 is 5.32 Å². The number of para-hydroxylation sites is 1. The zero-order chi connectivity index (χ0) is 20.5. The summed E-state index contributed by atoms with van der Waals surface area (Å²) in [5.41, 5.74) is 1.08. The van der Waals surface area contributed by atoms with E-state index in [0.717, 1.165) is 17.0 Å². The van der Waals surface area contributed by atoms with E-state index in [4.69, 9.17) is 11.6 Å². The summed E-state index contributed by atoms with van der Waals surface area (Å²) in [6.07, 6.45) is 0. The van der Waals surface area contributed by atoms with Crippen LogP contribution in [0.15, 0.2) is 78.5 Å². The molecule has 1 heterocycles. The molecule has 1 aliphatic rings. The molecule has 2 amide bonds. The van der Waals surface area contributed by atoms with Gasteiger partial charge in [-0.25, -0.2) is 13.7 Å². The topological polar surface area (TPSA) is 49.4 Å². The number of rotatable bonds is 4. The second-order valence-corrected chi connectivity index (χ2v) is 6.73. The Labute approximate surface area is 170 Å². The summed E-state index contributed by atoms with van der Waals surface area (Å²) >= 11 is 5.94. The Hall–Kier alpha value is -3.51. The zero-order valence-electron chi connectivity index (χ0n) is 14.8. The summed E-state index contributed by atoms with van der Waals surface area (Å²) in [5, 5.41) is 3.25. The summed E-state index contributed by atoms with van der Waals surface area (Å²) in [6.45, 7) is 0. The van der Waals surface area contributed by atoms with Gasteiger partial charge in [-0.15, -0.1) is 0 Å². The summed E-state index contributed by atoms with van der Waals surface area (Å²) in [5.74, 6) is -3.22. The van der Waals surface area contributed by atoms with E-state index in [1.54, 1.807) is 54.6 Å². The molecule has 1 aliphatic heterocycles. The van der Waals surface area contributed by atoms with E-state index in [2.05, 4.69) is 5.32 Å². The standard InChI is InChI=1S/C22H13ClF2N2O2/c23-14-8-6-13(7-9-14)19-20(26-15-10-11-17(24)18(25)12-15)22(29)27(21(19)28)16-4-2-1-3-5-16/h1-12,26H. The smallest absolute Gasteiger partial charge is 0.282 e. The van der Waals surface area contributed by atoms with Crippen molar-refractivity contribution in [2.75, 3.05) is 10.2 Å². The van der Waals surface area contributed by atoms with Crippen molar-refractivity contribution in [3.63, 3.8) is 0 Å². The van der Waals surface area contributed by atoms with Gasteiger partial charge >= 0.3 is 0 Å². The third-order valence-corrected chi connectivity index (χ3v) is 4.67. The Bertz CT molecular complexity index is 1150. The van der Waals surface area contributed by atoms with E-state index in [-0.39, 0.29) is 17.0 Å². The largest absolute Gasteiger partial charge is 0.350 e. The highest BCUT2D eigenvalue weighted by molar-refractivity contribution is 6.46. The number of imide groups is 1. The Balaban J connectivity index is 1.82. The molecule has 29 heavy (non-hydrogen) atoms. The second-order valence-electron chi connectivity index (χ2n) is 6.29. The van der Waals surface area contributed by atoms with Crippen LogP contribution in [0.4, 0.5) is 20.2 Å². The SMILES string of the molecule is O=C1C(Nc2ccc(F)c(F)c2)=C(c2ccc(Cl)cc2)C(=O)N1c1ccccc1. The van der Waals surface area contributed by atoms with Crippen molar-refractivity contribution in [1.29, 1.82) is 0 Å². The predicted octanol–water partition coefficient (Wildman–Crippen LogP) is 5.01. The average Bonchev–Trinajstić information content (AvgIpc) is 2.96. The lowest BCUT2D eigenvalue weighted by molar-refractivity contribution is -0.120. The average molecular weight is 411 g/mol. The van der Waals surface area contributed by atoms with Crippen LogP contribution in [0.25, 0.3) is 5.57 Å². The molecule has 144 valence electrons. The number of nitrogens with zero attached hydrogens (tertiary/aromatic N) is 1. The highest BCUT2D eigenvalue weighted by Gasteiger charge is 2.40. The van der Waals surface area contributed by atoms with Crippen LogP contribution in [0.3, 0.4) is 0 Å². The third-order valence-electron chi connectivity index (χ3n) is 4.42. The maximum absolute atomic E-state index is 13.6. The molecule has 0 aromatic heterocycles. The summed E-state index contributed by atoms with van der Waals surface area (Å²) in [4.78, 5) is 27.3. The number of hydrogen-bond donors (Lipinski definition) is 1. The molecular weight excluding hydrogens is 398 g/mol. The fourth-order valence-corrected chi connectivity index (χ4v) is 3.19. The van der Waals surface area contributed by atoms with Crippen molar-refractivity contribution < 1.29 is 18.4 Å². The van der Waals surface area contributed by atoms with E-state index in [0.29, 0.717) is 16.3 Å². The molecule has 0 aliphatic carbocycles. The van der Waals surface area contributed by atoms with Crippen LogP contribution in [-0.4, -0.2) is 11.8 Å². The number of nitrogens with one attached hydrogen (secondary N) is 1. The van der Waals surface area contributed by atoms with E-state index < -0.39 is 23.4 Å². The van der Waals surface area contributed by atoms with Crippen LogP contribution in [0.5, 0.6) is 0 Å². The zero-order valence-corrected chi connectivity index (χ0v) is 15.6. The Morgan fingerprint density at radius 3 is 2.14 bits per heavy atom. The first-order valence-electron chi connectivity index (χ1n) is 8.62. The van der Waals surface area contributed by atoms with Gasteiger partial charge in [0.2, 0.25) is 0 Å². The minimum Gasteiger partial charge on any atom is -0.350 e. The molecule has 7 heteroatoms. The van der Waals surface area contributed by atoms with Gasteiger partial charge in [-0.3, -0.25) is 9.59 Å². The van der Waals surface area contributed by atoms with Gasteiger partial charge in [0.15, 0.2) is 11.6 Å². The van der Waals surface area contributed by atoms with Crippen LogP contribution in [0.1, 0.15) is 5.56 Å². The minimum atomic E-state index is -1.07. The Kier molecular flexibility index (Phi) is 4.86. The molecular formula is C22H13ClF2N2O2. The predicted molar refractivity (Wildman–Crippen MR) is 107 cm³/mol. The minimum absolute atomic E-state index is 0.0350. The second kappa shape index (κ2) is 7.48. The van der Waals surface area contributed by atoms with Gasteiger partial charge in [-0.05, 0) is 42.0 Å². The van der Waals surface area contributed by atoms with E-state index >= 15 is 0 Å². The lowest BCUT2D eigenvalue weighted by atomic mass is 10.0. The number of anilines is 2. The fraction of sp³-hybridized carbons (Fsp3) is 0. The highest BCUT2D eigenvalue weighted by atomic mass is 35.5. The molecule has 0 unspecified atom stereocenters. The number of carbonyl (C=O) groups excluding carboxylic acids is 2. The van der Waals surface area contributed by atoms with Crippen molar-refractivity contribution >= 4 is 40.4 Å². The summed E-state index contributed by atoms with van der Waals surface area (Å²) in [6, 6.07) is 18.0. The molecule has 0 saturated carbocycles. The number of amides is 2. The molecule has 4 rings (SSSR count). The quantitative estimate of drug-likeness (QED) is 0.615. The van der Waals surface area contributed by atoms with Gasteiger partial charge in [-0.2, -0.15) is 0 Å². The van der Waals surface area contributed by atoms with Crippen LogP contribution in [-0.2, 0) is 9.59 Å². The number of halogens is 3. The first kappa shape index (κ1) is 18.8. The molecule has 3 aromatic carbocycles. The van der Waals surface area contributed by atoms with Gasteiger partial charge in [0.25, 0.3) is 11.8 Å². The maximum atomic E-state index is 13.6. The first-order valence-corrected chi connectivity index (χ1v) is 8.99. The molecule has 4 nitrogen and oxygen atoms in total. The highest BCUT2D eigenvalue weighted by Crippen LogP contribution is 2.34. The molecule has 1 N–H and O–H groups in total. The maximum Gasteiger partial charge on any atom is 0.282 e. The first-order chi connectivity index (χ1) is 14.0. The lowest BCUT2D eigenvalue weighted by Gasteiger charge is -2.15. The van der Waals surface area contributed by atoms with Crippen LogP contribution < -0.4 is 10.2 Å². The van der Waals surface area contributed by atoms with Crippen molar-refractivity contribution in [3.8, 4) is 0 Å². The fourth-order valence-electron chi connectivity index (χ4n) is 3.06. The normalized spacial score (nSPS) is 14.0. The van der Waals surface area contributed by atoms with Crippen molar-refractivity contribution in [3.05, 3.63) is 101 Å². The van der Waals surface area contributed by atoms with Crippen molar-refractivity contribution in [1.82, 2.24) is 0 Å². The third kappa shape index (κ3) is 3.50. The number of benzene rings is 3. The molecule has 0 bridgehead atoms. The van der Waals surface area contributed by atoms with Crippen molar-refractivity contribution in [2.45, 2.75) is 0 Å². The number of carbonyl (C=O) groups is 2. The van der Waals surface area contributed by atoms with Gasteiger partial charge in [0.1, 0.15) is 5.70 Å². The molecule has 0 fully saturated rings. The molecule has 0 radical (unpaired) electrons. The Morgan fingerprint density at radius 1 is 0.793 bits per heavy atom. The van der Waals surface area contributed by atoms with Crippen LogP contribution in [0, 0.1) is 11.6 Å². The monoisotopic (exact) mass is 410 g/mol. The molecule has 0 spiro atoms. The molecule has 3 aromatic rings. The lowest BCUT2D eigenvalue weighted by Crippen LogP contribution is -2.32.